The van der Waals surface area contributed by atoms with E-state index >= 15 is 0 Å². The predicted molar refractivity (Wildman–Crippen MR) is 109 cm³/mol. The maximum absolute atomic E-state index is 13.0. The summed E-state index contributed by atoms with van der Waals surface area (Å²) in [7, 11) is -3.67. The number of benzene rings is 1. The Morgan fingerprint density at radius 2 is 1.56 bits per heavy atom. The van der Waals surface area contributed by atoms with Crippen molar-refractivity contribution < 1.29 is 17.9 Å². The van der Waals surface area contributed by atoms with E-state index in [-0.39, 0.29) is 4.90 Å². The first-order valence-corrected chi connectivity index (χ1v) is 11.5. The molecule has 0 bridgehead atoms. The van der Waals surface area contributed by atoms with Gasteiger partial charge in [-0.3, -0.25) is 0 Å². The minimum atomic E-state index is -3.67. The lowest BCUT2D eigenvalue weighted by Gasteiger charge is -2.24. The van der Waals surface area contributed by atoms with Gasteiger partial charge in [-0.2, -0.15) is 0 Å². The number of rotatable bonds is 11. The van der Waals surface area contributed by atoms with Crippen molar-refractivity contribution in [3.05, 3.63) is 30.3 Å². The van der Waals surface area contributed by atoms with Crippen molar-refractivity contribution in [3.63, 3.8) is 0 Å². The van der Waals surface area contributed by atoms with Crippen molar-refractivity contribution in [3.8, 4) is 0 Å². The minimum Gasteiger partial charge on any atom is -0.444 e. The quantitative estimate of drug-likeness (QED) is 0.504. The summed E-state index contributed by atoms with van der Waals surface area (Å²) in [6, 6.07) is 8.26. The van der Waals surface area contributed by atoms with Crippen LogP contribution in [0, 0.1) is 0 Å². The average molecular weight is 398 g/mol. The molecular formula is C21H35NO4S. The summed E-state index contributed by atoms with van der Waals surface area (Å²) in [5.41, 5.74) is -0.676. The molecule has 1 amide bonds. The molecule has 1 rings (SSSR count). The van der Waals surface area contributed by atoms with Crippen molar-refractivity contribution in [2.75, 3.05) is 0 Å². The number of hydrogen-bond acceptors (Lipinski definition) is 4. The standard InChI is InChI=1S/C21H35NO4S/c1-5-6-7-8-9-10-14-17-19(22-20(23)26-21(2,3)4)27(24,25)18-15-12-11-13-16-18/h11-13,15-16,19H,5-10,14,17H2,1-4H3,(H,22,23). The van der Waals surface area contributed by atoms with Crippen LogP contribution in [0.3, 0.4) is 0 Å². The maximum atomic E-state index is 13.0. The Bertz CT molecular complexity index is 651. The van der Waals surface area contributed by atoms with Gasteiger partial charge in [0.05, 0.1) is 4.90 Å². The van der Waals surface area contributed by atoms with E-state index < -0.39 is 26.9 Å². The molecule has 0 aliphatic heterocycles. The van der Waals surface area contributed by atoms with Gasteiger partial charge in [-0.1, -0.05) is 70.1 Å². The van der Waals surface area contributed by atoms with Gasteiger partial charge < -0.3 is 10.1 Å². The highest BCUT2D eigenvalue weighted by molar-refractivity contribution is 7.92. The highest BCUT2D eigenvalue weighted by Gasteiger charge is 2.30. The zero-order valence-corrected chi connectivity index (χ0v) is 18.0. The normalized spacial score (nSPS) is 13.2. The van der Waals surface area contributed by atoms with Crippen molar-refractivity contribution in [1.29, 1.82) is 0 Å². The second-order valence-electron chi connectivity index (χ2n) is 7.90. The van der Waals surface area contributed by atoms with E-state index in [9.17, 15) is 13.2 Å². The number of sulfone groups is 1. The molecule has 0 saturated heterocycles. The highest BCUT2D eigenvalue weighted by Crippen LogP contribution is 2.20. The van der Waals surface area contributed by atoms with Crippen LogP contribution in [0.25, 0.3) is 0 Å². The van der Waals surface area contributed by atoms with Crippen LogP contribution in [0.15, 0.2) is 35.2 Å². The molecule has 0 fully saturated rings. The highest BCUT2D eigenvalue weighted by atomic mass is 32.2. The second kappa shape index (κ2) is 11.3. The fourth-order valence-corrected chi connectivity index (χ4v) is 4.40. The van der Waals surface area contributed by atoms with Gasteiger partial charge in [0.15, 0.2) is 9.84 Å². The lowest BCUT2D eigenvalue weighted by Crippen LogP contribution is -2.43. The topological polar surface area (TPSA) is 72.5 Å². The molecule has 1 aromatic carbocycles. The Balaban J connectivity index is 2.73. The van der Waals surface area contributed by atoms with Crippen LogP contribution < -0.4 is 5.32 Å². The summed E-state index contributed by atoms with van der Waals surface area (Å²) in [6.45, 7) is 7.44. The van der Waals surface area contributed by atoms with Crippen LogP contribution in [0.2, 0.25) is 0 Å². The van der Waals surface area contributed by atoms with Gasteiger partial charge in [0.25, 0.3) is 0 Å². The number of unbranched alkanes of at least 4 members (excludes halogenated alkanes) is 6. The number of hydrogen-bond donors (Lipinski definition) is 1. The summed E-state index contributed by atoms with van der Waals surface area (Å²) in [5.74, 6) is 0. The molecule has 6 heteroatoms. The lowest BCUT2D eigenvalue weighted by atomic mass is 10.1. The fourth-order valence-electron chi connectivity index (χ4n) is 2.81. The predicted octanol–water partition coefficient (Wildman–Crippen LogP) is 5.45. The van der Waals surface area contributed by atoms with Crippen LogP contribution in [0.1, 0.15) is 79.1 Å². The molecular weight excluding hydrogens is 362 g/mol. The Morgan fingerprint density at radius 1 is 1.00 bits per heavy atom. The monoisotopic (exact) mass is 397 g/mol. The molecule has 0 saturated carbocycles. The van der Waals surface area contributed by atoms with E-state index in [2.05, 4.69) is 12.2 Å². The second-order valence-corrected chi connectivity index (χ2v) is 10.0. The van der Waals surface area contributed by atoms with Crippen molar-refractivity contribution in [1.82, 2.24) is 5.32 Å². The SMILES string of the molecule is CCCCCCCCCC(NC(=O)OC(C)(C)C)S(=O)(=O)c1ccccc1. The number of alkyl carbamates (subject to hydrolysis) is 1. The first-order valence-electron chi connectivity index (χ1n) is 9.95. The third kappa shape index (κ3) is 9.27. The van der Waals surface area contributed by atoms with Gasteiger partial charge in [0.2, 0.25) is 0 Å². The van der Waals surface area contributed by atoms with Crippen molar-refractivity contribution >= 4 is 15.9 Å². The van der Waals surface area contributed by atoms with Gasteiger partial charge in [0.1, 0.15) is 11.0 Å². The van der Waals surface area contributed by atoms with Gasteiger partial charge in [-0.15, -0.1) is 0 Å². The number of amides is 1. The van der Waals surface area contributed by atoms with Gasteiger partial charge in [0, 0.05) is 0 Å². The third-order valence-corrected chi connectivity index (χ3v) is 6.23. The first-order chi connectivity index (χ1) is 12.7. The van der Waals surface area contributed by atoms with Crippen LogP contribution in [-0.4, -0.2) is 25.5 Å². The van der Waals surface area contributed by atoms with E-state index in [0.717, 1.165) is 19.3 Å². The fraction of sp³-hybridized carbons (Fsp3) is 0.667. The first kappa shape index (κ1) is 23.5. The Hall–Kier alpha value is -1.56. The lowest BCUT2D eigenvalue weighted by molar-refractivity contribution is 0.0517. The molecule has 0 heterocycles. The summed E-state index contributed by atoms with van der Waals surface area (Å²) in [6.07, 6.45) is 7.31. The van der Waals surface area contributed by atoms with Crippen molar-refractivity contribution in [2.45, 2.75) is 94.9 Å². The van der Waals surface area contributed by atoms with Crippen LogP contribution in [-0.2, 0) is 14.6 Å². The van der Waals surface area contributed by atoms with E-state index in [1.807, 2.05) is 0 Å². The molecule has 5 nitrogen and oxygen atoms in total. The summed E-state index contributed by atoms with van der Waals surface area (Å²) in [5, 5.41) is 1.59. The van der Waals surface area contributed by atoms with Gasteiger partial charge in [-0.25, -0.2) is 13.2 Å². The van der Waals surface area contributed by atoms with Crippen LogP contribution >= 0.6 is 0 Å². The molecule has 1 N–H and O–H groups in total. The van der Waals surface area contributed by atoms with Gasteiger partial charge >= 0.3 is 6.09 Å². The number of carbonyl (C=O) groups is 1. The maximum Gasteiger partial charge on any atom is 0.408 e. The average Bonchev–Trinajstić information content (AvgIpc) is 2.59. The Kier molecular flexibility index (Phi) is 9.84. The minimum absolute atomic E-state index is 0.217. The van der Waals surface area contributed by atoms with Crippen LogP contribution in [0.4, 0.5) is 4.79 Å². The zero-order chi connectivity index (χ0) is 20.3. The molecule has 0 aromatic heterocycles. The molecule has 0 aliphatic carbocycles. The smallest absolute Gasteiger partial charge is 0.408 e. The molecule has 1 unspecified atom stereocenters. The number of nitrogens with one attached hydrogen (secondary N) is 1. The Labute approximate surface area is 164 Å². The summed E-state index contributed by atoms with van der Waals surface area (Å²) < 4.78 is 31.2. The van der Waals surface area contributed by atoms with Crippen molar-refractivity contribution in [2.24, 2.45) is 0 Å². The molecule has 154 valence electrons. The van der Waals surface area contributed by atoms with Gasteiger partial charge in [-0.05, 0) is 39.3 Å². The molecule has 0 spiro atoms. The van der Waals surface area contributed by atoms with Crippen LogP contribution in [0.5, 0.6) is 0 Å². The number of carbonyl (C=O) groups excluding carboxylic acids is 1. The van der Waals surface area contributed by atoms with E-state index in [1.165, 1.54) is 25.7 Å². The Morgan fingerprint density at radius 3 is 2.11 bits per heavy atom. The largest absolute Gasteiger partial charge is 0.444 e. The molecule has 0 radical (unpaired) electrons. The molecule has 0 aliphatic rings. The summed E-state index contributed by atoms with van der Waals surface area (Å²) >= 11 is 0. The van der Waals surface area contributed by atoms with E-state index in [0.29, 0.717) is 6.42 Å². The molecule has 1 aromatic rings. The van der Waals surface area contributed by atoms with E-state index in [1.54, 1.807) is 51.1 Å². The molecule has 1 atom stereocenters. The number of ether oxygens (including phenoxy) is 1. The third-order valence-electron chi connectivity index (χ3n) is 4.19. The molecule has 27 heavy (non-hydrogen) atoms. The zero-order valence-electron chi connectivity index (χ0n) is 17.2. The van der Waals surface area contributed by atoms with E-state index in [4.69, 9.17) is 4.74 Å². The summed E-state index contributed by atoms with van der Waals surface area (Å²) in [4.78, 5) is 12.4.